The van der Waals surface area contributed by atoms with Crippen molar-refractivity contribution in [1.29, 1.82) is 0 Å². The van der Waals surface area contributed by atoms with Gasteiger partial charge in [0.05, 0.1) is 38.4 Å². The molecule has 1 N–H and O–H groups in total. The van der Waals surface area contributed by atoms with Crippen molar-refractivity contribution in [2.75, 3.05) is 21.3 Å². The fourth-order valence-corrected chi connectivity index (χ4v) is 4.73. The van der Waals surface area contributed by atoms with E-state index in [2.05, 4.69) is 22.5 Å². The lowest BCUT2D eigenvalue weighted by Crippen LogP contribution is -2.22. The SMILES string of the molecule is COc1ccc(CNC(=O)c2cc3c(C)nn(Cc4ccccc4)c3s2)c(OC)c1OC. The van der Waals surface area contributed by atoms with Crippen molar-refractivity contribution < 1.29 is 19.0 Å². The average Bonchev–Trinajstić information content (AvgIpc) is 3.38. The van der Waals surface area contributed by atoms with Crippen LogP contribution in [0.3, 0.4) is 0 Å². The quantitative estimate of drug-likeness (QED) is 0.430. The van der Waals surface area contributed by atoms with E-state index in [1.807, 2.05) is 41.9 Å². The van der Waals surface area contributed by atoms with Gasteiger partial charge in [-0.1, -0.05) is 30.3 Å². The summed E-state index contributed by atoms with van der Waals surface area (Å²) in [6.45, 7) is 2.92. The predicted molar refractivity (Wildman–Crippen MR) is 125 cm³/mol. The Bertz CT molecular complexity index is 1250. The summed E-state index contributed by atoms with van der Waals surface area (Å²) in [5.41, 5.74) is 2.87. The third kappa shape index (κ3) is 4.13. The number of fused-ring (bicyclic) bond motifs is 1. The molecule has 32 heavy (non-hydrogen) atoms. The van der Waals surface area contributed by atoms with Crippen molar-refractivity contribution in [3.8, 4) is 17.2 Å². The molecule has 0 saturated heterocycles. The molecule has 2 aromatic heterocycles. The molecular formula is C24H25N3O4S. The Labute approximate surface area is 190 Å². The molecule has 0 unspecified atom stereocenters. The first-order valence-electron chi connectivity index (χ1n) is 10.1. The lowest BCUT2D eigenvalue weighted by Gasteiger charge is -2.16. The van der Waals surface area contributed by atoms with E-state index in [1.165, 1.54) is 11.3 Å². The van der Waals surface area contributed by atoms with Gasteiger partial charge in [-0.05, 0) is 30.7 Å². The van der Waals surface area contributed by atoms with Crippen LogP contribution in [-0.4, -0.2) is 37.0 Å². The number of amides is 1. The molecule has 0 fully saturated rings. The number of thiophene rings is 1. The summed E-state index contributed by atoms with van der Waals surface area (Å²) < 4.78 is 18.2. The zero-order valence-electron chi connectivity index (χ0n) is 18.5. The van der Waals surface area contributed by atoms with Crippen molar-refractivity contribution >= 4 is 27.5 Å². The fourth-order valence-electron chi connectivity index (χ4n) is 3.65. The maximum absolute atomic E-state index is 12.9. The Morgan fingerprint density at radius 3 is 2.47 bits per heavy atom. The molecule has 0 atom stereocenters. The highest BCUT2D eigenvalue weighted by molar-refractivity contribution is 7.20. The molecule has 0 bridgehead atoms. The second kappa shape index (κ2) is 9.32. The highest BCUT2D eigenvalue weighted by Gasteiger charge is 2.19. The number of carbonyl (C=O) groups is 1. The van der Waals surface area contributed by atoms with Gasteiger partial charge >= 0.3 is 0 Å². The zero-order valence-corrected chi connectivity index (χ0v) is 19.3. The van der Waals surface area contributed by atoms with E-state index in [-0.39, 0.29) is 5.91 Å². The highest BCUT2D eigenvalue weighted by Crippen LogP contribution is 2.39. The van der Waals surface area contributed by atoms with E-state index in [0.717, 1.165) is 27.0 Å². The number of methoxy groups -OCH3 is 3. The molecule has 4 rings (SSSR count). The standard InChI is InChI=1S/C24H25N3O4S/c1-15-18-12-20(32-24(18)27(26-15)14-16-8-6-5-7-9-16)23(28)25-13-17-10-11-19(29-2)22(31-4)21(17)30-3/h5-12H,13-14H2,1-4H3,(H,25,28). The summed E-state index contributed by atoms with van der Waals surface area (Å²) in [6.07, 6.45) is 0. The van der Waals surface area contributed by atoms with E-state index in [0.29, 0.717) is 35.2 Å². The van der Waals surface area contributed by atoms with E-state index in [9.17, 15) is 4.79 Å². The molecule has 0 aliphatic carbocycles. The van der Waals surface area contributed by atoms with Gasteiger partial charge < -0.3 is 19.5 Å². The lowest BCUT2D eigenvalue weighted by molar-refractivity contribution is 0.0954. The first-order chi connectivity index (χ1) is 15.5. The largest absolute Gasteiger partial charge is 0.493 e. The van der Waals surface area contributed by atoms with E-state index >= 15 is 0 Å². The zero-order chi connectivity index (χ0) is 22.7. The second-order valence-electron chi connectivity index (χ2n) is 7.23. The first-order valence-corrected chi connectivity index (χ1v) is 10.9. The van der Waals surface area contributed by atoms with Crippen LogP contribution in [0.1, 0.15) is 26.5 Å². The summed E-state index contributed by atoms with van der Waals surface area (Å²) in [6, 6.07) is 15.7. The van der Waals surface area contributed by atoms with Gasteiger partial charge in [0.15, 0.2) is 11.5 Å². The Morgan fingerprint density at radius 1 is 1.03 bits per heavy atom. The third-order valence-electron chi connectivity index (χ3n) is 5.23. The van der Waals surface area contributed by atoms with Gasteiger partial charge in [0.1, 0.15) is 4.83 Å². The minimum atomic E-state index is -0.145. The number of aryl methyl sites for hydroxylation is 1. The van der Waals surface area contributed by atoms with Gasteiger partial charge in [-0.25, -0.2) is 0 Å². The predicted octanol–water partition coefficient (Wildman–Crippen LogP) is 4.41. The van der Waals surface area contributed by atoms with Gasteiger partial charge in [0, 0.05) is 17.5 Å². The number of aromatic nitrogens is 2. The molecule has 0 aliphatic heterocycles. The number of nitrogens with zero attached hydrogens (tertiary/aromatic N) is 2. The Balaban J connectivity index is 1.54. The number of carbonyl (C=O) groups excluding carboxylic acids is 1. The monoisotopic (exact) mass is 451 g/mol. The normalized spacial score (nSPS) is 10.9. The molecule has 0 aliphatic rings. The van der Waals surface area contributed by atoms with Gasteiger partial charge in [0.25, 0.3) is 5.91 Å². The fraction of sp³-hybridized carbons (Fsp3) is 0.250. The van der Waals surface area contributed by atoms with Crippen molar-refractivity contribution in [2.45, 2.75) is 20.0 Å². The molecular weight excluding hydrogens is 426 g/mol. The Hall–Kier alpha value is -3.52. The summed E-state index contributed by atoms with van der Waals surface area (Å²) in [4.78, 5) is 14.5. The maximum Gasteiger partial charge on any atom is 0.261 e. The van der Waals surface area contributed by atoms with Crippen LogP contribution in [0.2, 0.25) is 0 Å². The van der Waals surface area contributed by atoms with Gasteiger partial charge in [-0.15, -0.1) is 11.3 Å². The van der Waals surface area contributed by atoms with Gasteiger partial charge in [-0.3, -0.25) is 9.48 Å². The Kier molecular flexibility index (Phi) is 6.32. The van der Waals surface area contributed by atoms with Crippen molar-refractivity contribution in [3.63, 3.8) is 0 Å². The molecule has 4 aromatic rings. The molecule has 0 spiro atoms. The number of benzene rings is 2. The van der Waals surface area contributed by atoms with Crippen LogP contribution in [0.25, 0.3) is 10.2 Å². The van der Waals surface area contributed by atoms with Crippen LogP contribution in [0.15, 0.2) is 48.5 Å². The van der Waals surface area contributed by atoms with E-state index in [1.54, 1.807) is 27.4 Å². The van der Waals surface area contributed by atoms with Crippen LogP contribution < -0.4 is 19.5 Å². The number of rotatable bonds is 8. The summed E-state index contributed by atoms with van der Waals surface area (Å²) >= 11 is 1.44. The molecule has 8 heteroatoms. The minimum Gasteiger partial charge on any atom is -0.493 e. The van der Waals surface area contributed by atoms with Gasteiger partial charge in [-0.2, -0.15) is 5.10 Å². The van der Waals surface area contributed by atoms with Crippen LogP contribution >= 0.6 is 11.3 Å². The number of nitrogens with one attached hydrogen (secondary N) is 1. The Morgan fingerprint density at radius 2 is 1.78 bits per heavy atom. The molecule has 2 heterocycles. The summed E-state index contributed by atoms with van der Waals surface area (Å²) in [5.74, 6) is 1.47. The molecule has 0 radical (unpaired) electrons. The smallest absolute Gasteiger partial charge is 0.261 e. The molecule has 1 amide bonds. The first kappa shape index (κ1) is 21.7. The van der Waals surface area contributed by atoms with Crippen molar-refractivity contribution in [1.82, 2.24) is 15.1 Å². The number of hydrogen-bond acceptors (Lipinski definition) is 6. The van der Waals surface area contributed by atoms with Crippen molar-refractivity contribution in [3.05, 3.63) is 70.2 Å². The highest BCUT2D eigenvalue weighted by atomic mass is 32.1. The maximum atomic E-state index is 12.9. The van der Waals surface area contributed by atoms with Crippen LogP contribution in [0.4, 0.5) is 0 Å². The molecule has 2 aromatic carbocycles. The van der Waals surface area contributed by atoms with E-state index < -0.39 is 0 Å². The topological polar surface area (TPSA) is 74.6 Å². The summed E-state index contributed by atoms with van der Waals surface area (Å²) in [7, 11) is 4.69. The number of hydrogen-bond donors (Lipinski definition) is 1. The molecule has 166 valence electrons. The molecule has 0 saturated carbocycles. The molecule has 7 nitrogen and oxygen atoms in total. The third-order valence-corrected chi connectivity index (χ3v) is 6.38. The van der Waals surface area contributed by atoms with Crippen LogP contribution in [0.5, 0.6) is 17.2 Å². The van der Waals surface area contributed by atoms with Crippen molar-refractivity contribution in [2.24, 2.45) is 0 Å². The van der Waals surface area contributed by atoms with Crippen LogP contribution in [0, 0.1) is 6.92 Å². The average molecular weight is 452 g/mol. The van der Waals surface area contributed by atoms with Gasteiger partial charge in [0.2, 0.25) is 5.75 Å². The second-order valence-corrected chi connectivity index (χ2v) is 8.26. The summed E-state index contributed by atoms with van der Waals surface area (Å²) in [5, 5.41) is 8.63. The number of ether oxygens (including phenoxy) is 3. The van der Waals surface area contributed by atoms with Crippen LogP contribution in [-0.2, 0) is 13.1 Å². The lowest BCUT2D eigenvalue weighted by atomic mass is 10.1. The minimum absolute atomic E-state index is 0.145. The van der Waals surface area contributed by atoms with E-state index in [4.69, 9.17) is 14.2 Å².